The first-order valence-corrected chi connectivity index (χ1v) is 5.61. The van der Waals surface area contributed by atoms with Crippen molar-refractivity contribution in [1.82, 2.24) is 9.97 Å². The van der Waals surface area contributed by atoms with Crippen molar-refractivity contribution < 1.29 is 0 Å². The number of rotatable bonds is 3. The number of hydrogen-bond acceptors (Lipinski definition) is 5. The number of pyridine rings is 1. The van der Waals surface area contributed by atoms with E-state index in [1.54, 1.807) is 29.7 Å². The van der Waals surface area contributed by atoms with Gasteiger partial charge in [-0.2, -0.15) is 5.26 Å². The lowest BCUT2D eigenvalue weighted by Gasteiger charge is -2.03. The number of aryl methyl sites for hydroxylation is 1. The molecule has 80 valence electrons. The smallest absolute Gasteiger partial charge is 0.144 e. The zero-order valence-corrected chi connectivity index (χ0v) is 9.58. The molecule has 0 fully saturated rings. The van der Waals surface area contributed by atoms with E-state index in [0.29, 0.717) is 17.9 Å². The van der Waals surface area contributed by atoms with E-state index in [1.165, 1.54) is 4.88 Å². The number of anilines is 1. The third-order valence-electron chi connectivity index (χ3n) is 2.00. The summed E-state index contributed by atoms with van der Waals surface area (Å²) in [5.41, 5.74) is 0.552. The highest BCUT2D eigenvalue weighted by atomic mass is 32.1. The van der Waals surface area contributed by atoms with Gasteiger partial charge in [-0.3, -0.25) is 0 Å². The number of thiazole rings is 1. The van der Waals surface area contributed by atoms with Crippen LogP contribution < -0.4 is 5.32 Å². The molecule has 5 heteroatoms. The molecule has 0 aliphatic heterocycles. The molecule has 1 N–H and O–H groups in total. The summed E-state index contributed by atoms with van der Waals surface area (Å²) in [4.78, 5) is 9.53. The Hall–Kier alpha value is -1.93. The fourth-order valence-electron chi connectivity index (χ4n) is 1.28. The van der Waals surface area contributed by atoms with E-state index < -0.39 is 0 Å². The highest BCUT2D eigenvalue weighted by Gasteiger charge is 2.03. The van der Waals surface area contributed by atoms with Gasteiger partial charge >= 0.3 is 0 Å². The number of hydrogen-bond donors (Lipinski definition) is 1. The first-order chi connectivity index (χ1) is 7.79. The minimum absolute atomic E-state index is 0.552. The maximum atomic E-state index is 8.88. The van der Waals surface area contributed by atoms with Crippen LogP contribution in [0.4, 0.5) is 5.82 Å². The minimum atomic E-state index is 0.552. The number of nitrogens with one attached hydrogen (secondary N) is 1. The summed E-state index contributed by atoms with van der Waals surface area (Å²) in [5, 5.41) is 13.0. The normalized spacial score (nSPS) is 9.75. The monoisotopic (exact) mass is 230 g/mol. The van der Waals surface area contributed by atoms with Crippen molar-refractivity contribution in [1.29, 1.82) is 5.26 Å². The van der Waals surface area contributed by atoms with Gasteiger partial charge in [0, 0.05) is 17.3 Å². The maximum absolute atomic E-state index is 8.88. The SMILES string of the molecule is Cc1cnc(CNc2ncccc2C#N)s1. The quantitative estimate of drug-likeness (QED) is 0.879. The van der Waals surface area contributed by atoms with Crippen molar-refractivity contribution in [2.45, 2.75) is 13.5 Å². The summed E-state index contributed by atoms with van der Waals surface area (Å²) in [6.07, 6.45) is 3.50. The minimum Gasteiger partial charge on any atom is -0.362 e. The van der Waals surface area contributed by atoms with Gasteiger partial charge in [-0.05, 0) is 19.1 Å². The van der Waals surface area contributed by atoms with E-state index in [0.717, 1.165) is 5.01 Å². The lowest BCUT2D eigenvalue weighted by atomic mass is 10.3. The van der Waals surface area contributed by atoms with Gasteiger partial charge in [0.1, 0.15) is 16.9 Å². The molecule has 0 aliphatic rings. The van der Waals surface area contributed by atoms with Crippen molar-refractivity contribution in [3.63, 3.8) is 0 Å². The molecule has 16 heavy (non-hydrogen) atoms. The van der Waals surface area contributed by atoms with Crippen molar-refractivity contribution in [2.75, 3.05) is 5.32 Å². The topological polar surface area (TPSA) is 61.6 Å². The molecule has 0 unspecified atom stereocenters. The highest BCUT2D eigenvalue weighted by Crippen LogP contribution is 2.14. The van der Waals surface area contributed by atoms with Crippen molar-refractivity contribution in [2.24, 2.45) is 0 Å². The van der Waals surface area contributed by atoms with Crippen LogP contribution >= 0.6 is 11.3 Å². The average Bonchev–Trinajstić information content (AvgIpc) is 2.73. The summed E-state index contributed by atoms with van der Waals surface area (Å²) in [7, 11) is 0. The molecule has 0 atom stereocenters. The maximum Gasteiger partial charge on any atom is 0.144 e. The zero-order valence-electron chi connectivity index (χ0n) is 8.77. The Morgan fingerprint density at radius 1 is 1.50 bits per heavy atom. The van der Waals surface area contributed by atoms with Gasteiger partial charge in [-0.25, -0.2) is 9.97 Å². The Morgan fingerprint density at radius 3 is 3.06 bits per heavy atom. The lowest BCUT2D eigenvalue weighted by Crippen LogP contribution is -2.02. The van der Waals surface area contributed by atoms with Gasteiger partial charge in [0.05, 0.1) is 12.1 Å². The molecule has 0 amide bonds. The van der Waals surface area contributed by atoms with E-state index in [1.807, 2.05) is 13.1 Å². The molecular weight excluding hydrogens is 220 g/mol. The number of nitrogens with zero attached hydrogens (tertiary/aromatic N) is 3. The average molecular weight is 230 g/mol. The third-order valence-corrected chi connectivity index (χ3v) is 2.92. The van der Waals surface area contributed by atoms with Gasteiger partial charge < -0.3 is 5.32 Å². The second-order valence-corrected chi connectivity index (χ2v) is 4.55. The molecule has 2 rings (SSSR count). The Balaban J connectivity index is 2.08. The second kappa shape index (κ2) is 4.73. The lowest BCUT2D eigenvalue weighted by molar-refractivity contribution is 1.07. The molecule has 0 radical (unpaired) electrons. The standard InChI is InChI=1S/C11H10N4S/c1-8-6-14-10(16-8)7-15-11-9(5-12)3-2-4-13-11/h2-4,6H,7H2,1H3,(H,13,15). The van der Waals surface area contributed by atoms with Crippen LogP contribution in [0.15, 0.2) is 24.5 Å². The van der Waals surface area contributed by atoms with Crippen LogP contribution in [0, 0.1) is 18.3 Å². The first kappa shape index (κ1) is 10.6. The van der Waals surface area contributed by atoms with E-state index in [4.69, 9.17) is 5.26 Å². The first-order valence-electron chi connectivity index (χ1n) is 4.80. The number of nitriles is 1. The van der Waals surface area contributed by atoms with Gasteiger partial charge in [0.2, 0.25) is 0 Å². The summed E-state index contributed by atoms with van der Waals surface area (Å²) < 4.78 is 0. The van der Waals surface area contributed by atoms with Gasteiger partial charge in [-0.1, -0.05) is 0 Å². The summed E-state index contributed by atoms with van der Waals surface area (Å²) in [6, 6.07) is 5.58. The Kier molecular flexibility index (Phi) is 3.13. The highest BCUT2D eigenvalue weighted by molar-refractivity contribution is 7.11. The fraction of sp³-hybridized carbons (Fsp3) is 0.182. The molecule has 2 aromatic heterocycles. The van der Waals surface area contributed by atoms with Gasteiger partial charge in [0.15, 0.2) is 0 Å². The van der Waals surface area contributed by atoms with Crippen LogP contribution in [0.1, 0.15) is 15.4 Å². The van der Waals surface area contributed by atoms with Crippen molar-refractivity contribution >= 4 is 17.2 Å². The third kappa shape index (κ3) is 2.35. The Labute approximate surface area is 97.6 Å². The van der Waals surface area contributed by atoms with Gasteiger partial charge in [0.25, 0.3) is 0 Å². The predicted octanol–water partition coefficient (Wildman–Crippen LogP) is 2.33. The largest absolute Gasteiger partial charge is 0.362 e. The number of aromatic nitrogens is 2. The molecule has 0 saturated carbocycles. The van der Waals surface area contributed by atoms with Crippen LogP contribution in [-0.2, 0) is 6.54 Å². The Bertz CT molecular complexity index is 527. The van der Waals surface area contributed by atoms with E-state index in [9.17, 15) is 0 Å². The molecule has 0 aromatic carbocycles. The molecule has 0 spiro atoms. The van der Waals surface area contributed by atoms with Crippen molar-refractivity contribution in [3.8, 4) is 6.07 Å². The Morgan fingerprint density at radius 2 is 2.38 bits per heavy atom. The van der Waals surface area contributed by atoms with E-state index in [-0.39, 0.29) is 0 Å². The van der Waals surface area contributed by atoms with E-state index >= 15 is 0 Å². The zero-order chi connectivity index (χ0) is 11.4. The van der Waals surface area contributed by atoms with Crippen LogP contribution in [-0.4, -0.2) is 9.97 Å². The molecule has 0 saturated heterocycles. The van der Waals surface area contributed by atoms with Crippen LogP contribution in [0.25, 0.3) is 0 Å². The van der Waals surface area contributed by atoms with Crippen LogP contribution in [0.5, 0.6) is 0 Å². The molecule has 2 aromatic rings. The molecular formula is C11H10N4S. The molecule has 2 heterocycles. The molecule has 0 bridgehead atoms. The van der Waals surface area contributed by atoms with Crippen LogP contribution in [0.3, 0.4) is 0 Å². The molecule has 0 aliphatic carbocycles. The fourth-order valence-corrected chi connectivity index (χ4v) is 2.01. The van der Waals surface area contributed by atoms with Crippen LogP contribution in [0.2, 0.25) is 0 Å². The van der Waals surface area contributed by atoms with E-state index in [2.05, 4.69) is 21.4 Å². The summed E-state index contributed by atoms with van der Waals surface area (Å²) in [5.74, 6) is 0.609. The van der Waals surface area contributed by atoms with Gasteiger partial charge in [-0.15, -0.1) is 11.3 Å². The second-order valence-electron chi connectivity index (χ2n) is 3.23. The predicted molar refractivity (Wildman–Crippen MR) is 63.1 cm³/mol. The summed E-state index contributed by atoms with van der Waals surface area (Å²) in [6.45, 7) is 2.62. The summed E-state index contributed by atoms with van der Waals surface area (Å²) >= 11 is 1.64. The molecule has 4 nitrogen and oxygen atoms in total. The van der Waals surface area contributed by atoms with Crippen molar-refractivity contribution in [3.05, 3.63) is 40.0 Å².